The number of hydrogen-bond donors (Lipinski definition) is 1. The summed E-state index contributed by atoms with van der Waals surface area (Å²) in [6, 6.07) is 0. The third kappa shape index (κ3) is 1.73. The maximum absolute atomic E-state index is 9.80. The molecule has 1 fully saturated rings. The zero-order valence-electron chi connectivity index (χ0n) is 7.47. The topological polar surface area (TPSA) is 20.2 Å². The summed E-state index contributed by atoms with van der Waals surface area (Å²) in [5.74, 6) is 0. The van der Waals surface area contributed by atoms with Gasteiger partial charge in [-0.05, 0) is 25.5 Å². The van der Waals surface area contributed by atoms with Crippen LogP contribution in [0.3, 0.4) is 0 Å². The van der Waals surface area contributed by atoms with Gasteiger partial charge >= 0.3 is 0 Å². The van der Waals surface area contributed by atoms with Crippen molar-refractivity contribution in [3.05, 3.63) is 0 Å². The van der Waals surface area contributed by atoms with E-state index in [1.807, 2.05) is 11.8 Å². The summed E-state index contributed by atoms with van der Waals surface area (Å²) in [5, 5.41) is 9.80. The van der Waals surface area contributed by atoms with Gasteiger partial charge < -0.3 is 5.11 Å². The molecule has 1 N–H and O–H groups in total. The smallest absolute Gasteiger partial charge is 0.0686 e. The molecule has 0 aromatic rings. The molecule has 1 nitrogen and oxygen atoms in total. The van der Waals surface area contributed by atoms with Crippen molar-refractivity contribution in [2.24, 2.45) is 0 Å². The van der Waals surface area contributed by atoms with Crippen molar-refractivity contribution in [1.29, 1.82) is 0 Å². The molecule has 11 heavy (non-hydrogen) atoms. The molecule has 1 unspecified atom stereocenters. The van der Waals surface area contributed by atoms with Crippen LogP contribution in [0.25, 0.3) is 0 Å². The standard InChI is InChI=1S/C9H18OS/c1-3-5-8(10)9(11-2)6-4-7-9/h8,10H,3-7H2,1-2H3. The van der Waals surface area contributed by atoms with E-state index in [0.717, 1.165) is 12.8 Å². The first-order chi connectivity index (χ1) is 5.25. The second-order valence-corrected chi connectivity index (χ2v) is 4.65. The predicted octanol–water partition coefficient (Wildman–Crippen LogP) is 2.43. The minimum Gasteiger partial charge on any atom is -0.392 e. The van der Waals surface area contributed by atoms with E-state index < -0.39 is 0 Å². The van der Waals surface area contributed by atoms with Crippen LogP contribution in [0.1, 0.15) is 39.0 Å². The van der Waals surface area contributed by atoms with E-state index in [1.54, 1.807) is 0 Å². The molecule has 0 aromatic heterocycles. The van der Waals surface area contributed by atoms with Crippen molar-refractivity contribution in [2.75, 3.05) is 6.26 Å². The zero-order chi connectivity index (χ0) is 8.32. The third-order valence-corrected chi connectivity index (χ3v) is 4.27. The number of aliphatic hydroxyl groups excluding tert-OH is 1. The maximum atomic E-state index is 9.80. The third-order valence-electron chi connectivity index (χ3n) is 2.78. The fourth-order valence-corrected chi connectivity index (χ4v) is 2.82. The second kappa shape index (κ2) is 3.81. The first-order valence-corrected chi connectivity index (χ1v) is 5.71. The summed E-state index contributed by atoms with van der Waals surface area (Å²) in [4.78, 5) is 0. The van der Waals surface area contributed by atoms with E-state index in [2.05, 4.69) is 13.2 Å². The normalized spacial score (nSPS) is 24.3. The summed E-state index contributed by atoms with van der Waals surface area (Å²) in [5.41, 5.74) is 0. The average molecular weight is 174 g/mol. The number of rotatable bonds is 4. The highest BCUT2D eigenvalue weighted by Gasteiger charge is 2.41. The lowest BCUT2D eigenvalue weighted by atomic mass is 9.78. The summed E-state index contributed by atoms with van der Waals surface area (Å²) >= 11 is 1.86. The first-order valence-electron chi connectivity index (χ1n) is 4.48. The highest BCUT2D eigenvalue weighted by atomic mass is 32.2. The quantitative estimate of drug-likeness (QED) is 0.706. The second-order valence-electron chi connectivity index (χ2n) is 3.43. The summed E-state index contributed by atoms with van der Waals surface area (Å²) in [6.45, 7) is 2.13. The van der Waals surface area contributed by atoms with Gasteiger partial charge in [-0.1, -0.05) is 19.8 Å². The van der Waals surface area contributed by atoms with Crippen molar-refractivity contribution in [3.63, 3.8) is 0 Å². The monoisotopic (exact) mass is 174 g/mol. The Labute approximate surface area is 73.6 Å². The molecule has 1 atom stereocenters. The Bertz CT molecular complexity index is 115. The van der Waals surface area contributed by atoms with Crippen LogP contribution in [-0.2, 0) is 0 Å². The van der Waals surface area contributed by atoms with Gasteiger partial charge in [0.15, 0.2) is 0 Å². The Hall–Kier alpha value is 0.310. The van der Waals surface area contributed by atoms with Gasteiger partial charge in [-0.25, -0.2) is 0 Å². The van der Waals surface area contributed by atoms with Crippen molar-refractivity contribution in [2.45, 2.75) is 49.9 Å². The molecular formula is C9H18OS. The van der Waals surface area contributed by atoms with Crippen LogP contribution in [0.4, 0.5) is 0 Å². The van der Waals surface area contributed by atoms with Crippen LogP contribution in [0.2, 0.25) is 0 Å². The Morgan fingerprint density at radius 2 is 2.18 bits per heavy atom. The lowest BCUT2D eigenvalue weighted by molar-refractivity contribution is 0.0794. The van der Waals surface area contributed by atoms with Crippen LogP contribution < -0.4 is 0 Å². The molecule has 0 amide bonds. The fourth-order valence-electron chi connectivity index (χ4n) is 1.74. The van der Waals surface area contributed by atoms with Crippen LogP contribution in [0, 0.1) is 0 Å². The van der Waals surface area contributed by atoms with E-state index >= 15 is 0 Å². The predicted molar refractivity (Wildman–Crippen MR) is 51.0 cm³/mol. The van der Waals surface area contributed by atoms with Gasteiger partial charge in [-0.3, -0.25) is 0 Å². The molecule has 0 saturated heterocycles. The van der Waals surface area contributed by atoms with Crippen molar-refractivity contribution in [1.82, 2.24) is 0 Å². The molecule has 0 spiro atoms. The van der Waals surface area contributed by atoms with Crippen molar-refractivity contribution in [3.8, 4) is 0 Å². The molecule has 66 valence electrons. The highest BCUT2D eigenvalue weighted by molar-refractivity contribution is 8.00. The molecule has 1 aliphatic carbocycles. The molecule has 0 bridgehead atoms. The van der Waals surface area contributed by atoms with Gasteiger partial charge in [0.1, 0.15) is 0 Å². The Morgan fingerprint density at radius 3 is 2.45 bits per heavy atom. The van der Waals surface area contributed by atoms with Gasteiger partial charge in [0, 0.05) is 4.75 Å². The molecule has 0 aromatic carbocycles. The molecule has 0 radical (unpaired) electrons. The minimum atomic E-state index is -0.0590. The van der Waals surface area contributed by atoms with Gasteiger partial charge in [-0.2, -0.15) is 11.8 Å². The number of thioether (sulfide) groups is 1. The largest absolute Gasteiger partial charge is 0.392 e. The van der Waals surface area contributed by atoms with E-state index in [1.165, 1.54) is 19.3 Å². The van der Waals surface area contributed by atoms with Crippen LogP contribution >= 0.6 is 11.8 Å². The minimum absolute atomic E-state index is 0.0590. The van der Waals surface area contributed by atoms with Gasteiger partial charge in [0.05, 0.1) is 6.10 Å². The molecule has 1 saturated carbocycles. The summed E-state index contributed by atoms with van der Waals surface area (Å²) in [7, 11) is 0. The van der Waals surface area contributed by atoms with Gasteiger partial charge in [-0.15, -0.1) is 0 Å². The van der Waals surface area contributed by atoms with Crippen molar-refractivity contribution >= 4 is 11.8 Å². The summed E-state index contributed by atoms with van der Waals surface area (Å²) < 4.78 is 0.246. The lowest BCUT2D eigenvalue weighted by Gasteiger charge is -2.44. The zero-order valence-corrected chi connectivity index (χ0v) is 8.28. The molecule has 0 aliphatic heterocycles. The van der Waals surface area contributed by atoms with Crippen LogP contribution in [0.5, 0.6) is 0 Å². The van der Waals surface area contributed by atoms with Gasteiger partial charge in [0.25, 0.3) is 0 Å². The number of hydrogen-bond acceptors (Lipinski definition) is 2. The van der Waals surface area contributed by atoms with Gasteiger partial charge in [0.2, 0.25) is 0 Å². The molecule has 0 heterocycles. The maximum Gasteiger partial charge on any atom is 0.0686 e. The average Bonchev–Trinajstić information content (AvgIpc) is 1.87. The van der Waals surface area contributed by atoms with E-state index in [-0.39, 0.29) is 10.9 Å². The lowest BCUT2D eigenvalue weighted by Crippen LogP contribution is -2.44. The highest BCUT2D eigenvalue weighted by Crippen LogP contribution is 2.46. The van der Waals surface area contributed by atoms with E-state index in [9.17, 15) is 5.11 Å². The van der Waals surface area contributed by atoms with E-state index in [4.69, 9.17) is 0 Å². The Balaban J connectivity index is 2.40. The Morgan fingerprint density at radius 1 is 1.55 bits per heavy atom. The first kappa shape index (κ1) is 9.40. The SMILES string of the molecule is CCCC(O)C1(SC)CCC1. The van der Waals surface area contributed by atoms with E-state index in [0.29, 0.717) is 0 Å². The molecule has 1 aliphatic rings. The molecule has 2 heteroatoms. The summed E-state index contributed by atoms with van der Waals surface area (Å²) in [6.07, 6.45) is 7.88. The number of aliphatic hydroxyl groups is 1. The molecular weight excluding hydrogens is 156 g/mol. The van der Waals surface area contributed by atoms with Crippen LogP contribution in [0.15, 0.2) is 0 Å². The van der Waals surface area contributed by atoms with Crippen LogP contribution in [-0.4, -0.2) is 22.2 Å². The Kier molecular flexibility index (Phi) is 3.26. The fraction of sp³-hybridized carbons (Fsp3) is 1.00. The van der Waals surface area contributed by atoms with Crippen molar-refractivity contribution < 1.29 is 5.11 Å². The molecule has 1 rings (SSSR count).